The van der Waals surface area contributed by atoms with Crippen molar-refractivity contribution in [3.8, 4) is 0 Å². The van der Waals surface area contributed by atoms with E-state index in [4.69, 9.17) is 5.73 Å². The highest BCUT2D eigenvalue weighted by atomic mass is 79.9. The molecule has 0 aliphatic heterocycles. The van der Waals surface area contributed by atoms with Crippen LogP contribution in [0.1, 0.15) is 23.7 Å². The molecule has 1 atom stereocenters. The number of thiazole rings is 1. The highest BCUT2D eigenvalue weighted by molar-refractivity contribution is 9.10. The highest BCUT2D eigenvalue weighted by Crippen LogP contribution is 2.24. The van der Waals surface area contributed by atoms with Crippen molar-refractivity contribution >= 4 is 43.1 Å². The van der Waals surface area contributed by atoms with Gasteiger partial charge in [0, 0.05) is 21.7 Å². The number of aryl methyl sites for hydroxylation is 1. The van der Waals surface area contributed by atoms with E-state index in [1.807, 2.05) is 12.3 Å². The van der Waals surface area contributed by atoms with Crippen molar-refractivity contribution in [3.05, 3.63) is 32.8 Å². The predicted octanol–water partition coefficient (Wildman–Crippen LogP) is 2.23. The minimum Gasteiger partial charge on any atom is -0.383 e. The van der Waals surface area contributed by atoms with Crippen LogP contribution in [0.25, 0.3) is 0 Å². The average Bonchev–Trinajstić information content (AvgIpc) is 2.78. The van der Waals surface area contributed by atoms with E-state index in [2.05, 4.69) is 30.6 Å². The molecule has 0 spiro atoms. The van der Waals surface area contributed by atoms with Crippen molar-refractivity contribution in [2.24, 2.45) is 0 Å². The van der Waals surface area contributed by atoms with E-state index in [-0.39, 0.29) is 10.7 Å². The van der Waals surface area contributed by atoms with Crippen molar-refractivity contribution in [1.29, 1.82) is 0 Å². The van der Waals surface area contributed by atoms with E-state index in [0.29, 0.717) is 9.48 Å². The predicted molar refractivity (Wildman–Crippen MR) is 81.9 cm³/mol. The van der Waals surface area contributed by atoms with Gasteiger partial charge in [0.2, 0.25) is 10.0 Å². The zero-order chi connectivity index (χ0) is 14.9. The molecule has 20 heavy (non-hydrogen) atoms. The van der Waals surface area contributed by atoms with Gasteiger partial charge in [0.25, 0.3) is 0 Å². The fraction of sp³-hybridized carbons (Fsp3) is 0.273. The first kappa shape index (κ1) is 15.4. The van der Waals surface area contributed by atoms with Crippen LogP contribution in [0.3, 0.4) is 0 Å². The molecule has 1 unspecified atom stereocenters. The van der Waals surface area contributed by atoms with Crippen molar-refractivity contribution < 1.29 is 8.42 Å². The number of sulfonamides is 1. The number of pyridine rings is 1. The SMILES string of the molecule is Cc1csc(C(C)NS(=O)(=O)c2cc(Br)cnc2N)n1. The molecule has 0 amide bonds. The first-order valence-corrected chi connectivity index (χ1v) is 8.80. The minimum absolute atomic E-state index is 0.0387. The van der Waals surface area contributed by atoms with Gasteiger partial charge in [-0.2, -0.15) is 0 Å². The van der Waals surface area contributed by atoms with E-state index >= 15 is 0 Å². The second kappa shape index (κ2) is 5.76. The number of anilines is 1. The van der Waals surface area contributed by atoms with Crippen molar-refractivity contribution in [2.45, 2.75) is 24.8 Å². The summed E-state index contributed by atoms with van der Waals surface area (Å²) in [5.74, 6) is -0.0387. The Labute approximate surface area is 129 Å². The number of rotatable bonds is 4. The molecule has 6 nitrogen and oxygen atoms in total. The summed E-state index contributed by atoms with van der Waals surface area (Å²) in [7, 11) is -3.75. The lowest BCUT2D eigenvalue weighted by Gasteiger charge is -2.13. The molecule has 0 bridgehead atoms. The van der Waals surface area contributed by atoms with Crippen LogP contribution >= 0.6 is 27.3 Å². The number of hydrogen-bond donors (Lipinski definition) is 2. The summed E-state index contributed by atoms with van der Waals surface area (Å²) in [6, 6.07) is 0.988. The summed E-state index contributed by atoms with van der Waals surface area (Å²) >= 11 is 4.59. The maximum absolute atomic E-state index is 12.3. The van der Waals surface area contributed by atoms with Gasteiger partial charge in [0.15, 0.2) is 0 Å². The number of aromatic nitrogens is 2. The van der Waals surface area contributed by atoms with E-state index in [0.717, 1.165) is 5.69 Å². The monoisotopic (exact) mass is 376 g/mol. The van der Waals surface area contributed by atoms with Crippen LogP contribution in [0.5, 0.6) is 0 Å². The van der Waals surface area contributed by atoms with Gasteiger partial charge in [-0.15, -0.1) is 11.3 Å². The van der Waals surface area contributed by atoms with Gasteiger partial charge < -0.3 is 5.73 Å². The first-order valence-electron chi connectivity index (χ1n) is 5.65. The zero-order valence-corrected chi connectivity index (χ0v) is 14.0. The van der Waals surface area contributed by atoms with Gasteiger partial charge in [-0.1, -0.05) is 0 Å². The molecule has 0 aromatic carbocycles. The lowest BCUT2D eigenvalue weighted by molar-refractivity contribution is 0.566. The second-order valence-electron chi connectivity index (χ2n) is 4.21. The van der Waals surface area contributed by atoms with Crippen molar-refractivity contribution in [3.63, 3.8) is 0 Å². The fourth-order valence-electron chi connectivity index (χ4n) is 1.56. The molecule has 2 aromatic heterocycles. The zero-order valence-electron chi connectivity index (χ0n) is 10.8. The molecule has 2 heterocycles. The van der Waals surface area contributed by atoms with Gasteiger partial charge in [0.1, 0.15) is 15.7 Å². The Bertz CT molecular complexity index is 730. The molecular weight excluding hydrogens is 364 g/mol. The summed E-state index contributed by atoms with van der Waals surface area (Å²) in [4.78, 5) is 8.04. The Hall–Kier alpha value is -1.03. The van der Waals surface area contributed by atoms with Crippen LogP contribution in [0.15, 0.2) is 27.0 Å². The van der Waals surface area contributed by atoms with Crippen molar-refractivity contribution in [1.82, 2.24) is 14.7 Å². The van der Waals surface area contributed by atoms with Crippen LogP contribution in [0.2, 0.25) is 0 Å². The van der Waals surface area contributed by atoms with Crippen LogP contribution in [-0.2, 0) is 10.0 Å². The Kier molecular flexibility index (Phi) is 4.43. The summed E-state index contributed by atoms with van der Waals surface area (Å²) in [5, 5.41) is 2.57. The average molecular weight is 377 g/mol. The Morgan fingerprint density at radius 3 is 2.80 bits per heavy atom. The van der Waals surface area contributed by atoms with E-state index in [1.54, 1.807) is 6.92 Å². The normalized spacial score (nSPS) is 13.3. The Morgan fingerprint density at radius 2 is 2.20 bits per heavy atom. The molecule has 0 radical (unpaired) electrons. The molecule has 0 saturated carbocycles. The van der Waals surface area contributed by atoms with Crippen LogP contribution in [0.4, 0.5) is 5.82 Å². The van der Waals surface area contributed by atoms with E-state index < -0.39 is 16.1 Å². The third-order valence-corrected chi connectivity index (χ3v) is 5.63. The topological polar surface area (TPSA) is 98.0 Å². The molecule has 0 aliphatic rings. The summed E-state index contributed by atoms with van der Waals surface area (Å²) in [5.41, 5.74) is 6.49. The number of nitrogens with one attached hydrogen (secondary N) is 1. The van der Waals surface area contributed by atoms with E-state index in [1.165, 1.54) is 23.6 Å². The minimum atomic E-state index is -3.75. The summed E-state index contributed by atoms with van der Waals surface area (Å²) in [6.45, 7) is 3.59. The maximum atomic E-state index is 12.3. The standard InChI is InChI=1S/C11H13BrN4O2S2/c1-6-5-19-11(15-6)7(2)16-20(17,18)9-3-8(12)4-14-10(9)13/h3-5,7,16H,1-2H3,(H2,13,14). The van der Waals surface area contributed by atoms with Crippen LogP contribution in [0, 0.1) is 6.92 Å². The van der Waals surface area contributed by atoms with Gasteiger partial charge in [-0.25, -0.2) is 23.1 Å². The van der Waals surface area contributed by atoms with E-state index in [9.17, 15) is 8.42 Å². The summed E-state index contributed by atoms with van der Waals surface area (Å²) in [6.07, 6.45) is 1.45. The lowest BCUT2D eigenvalue weighted by Crippen LogP contribution is -2.27. The fourth-order valence-corrected chi connectivity index (χ4v) is 4.24. The number of hydrogen-bond acceptors (Lipinski definition) is 6. The Balaban J connectivity index is 2.29. The highest BCUT2D eigenvalue weighted by Gasteiger charge is 2.23. The molecule has 0 fully saturated rings. The first-order chi connectivity index (χ1) is 9.29. The number of halogens is 1. The molecule has 0 aliphatic carbocycles. The van der Waals surface area contributed by atoms with Gasteiger partial charge >= 0.3 is 0 Å². The second-order valence-corrected chi connectivity index (χ2v) is 7.69. The Morgan fingerprint density at radius 1 is 1.50 bits per heavy atom. The third kappa shape index (κ3) is 3.35. The number of nitrogens with zero attached hydrogens (tertiary/aromatic N) is 2. The molecule has 9 heteroatoms. The van der Waals surface area contributed by atoms with Gasteiger partial charge in [-0.3, -0.25) is 0 Å². The smallest absolute Gasteiger partial charge is 0.244 e. The molecule has 3 N–H and O–H groups in total. The largest absolute Gasteiger partial charge is 0.383 e. The number of nitrogens with two attached hydrogens (primary N) is 1. The van der Waals surface area contributed by atoms with Gasteiger partial charge in [-0.05, 0) is 35.8 Å². The van der Waals surface area contributed by atoms with Crippen molar-refractivity contribution in [2.75, 3.05) is 5.73 Å². The number of nitrogen functional groups attached to an aromatic ring is 1. The molecule has 108 valence electrons. The molecule has 0 saturated heterocycles. The van der Waals surface area contributed by atoms with Gasteiger partial charge in [0.05, 0.1) is 6.04 Å². The third-order valence-electron chi connectivity index (χ3n) is 2.48. The maximum Gasteiger partial charge on any atom is 0.244 e. The molecule has 2 aromatic rings. The summed E-state index contributed by atoms with van der Waals surface area (Å²) < 4.78 is 27.7. The molecule has 2 rings (SSSR count). The molecular formula is C11H13BrN4O2S2. The quantitative estimate of drug-likeness (QED) is 0.852. The van der Waals surface area contributed by atoms with Crippen LogP contribution in [-0.4, -0.2) is 18.4 Å². The van der Waals surface area contributed by atoms with Crippen LogP contribution < -0.4 is 10.5 Å². The lowest BCUT2D eigenvalue weighted by atomic mass is 10.4.